The number of anilines is 1. The highest BCUT2D eigenvalue weighted by atomic mass is 35.5. The van der Waals surface area contributed by atoms with Crippen LogP contribution in [0.2, 0.25) is 5.02 Å². The lowest BCUT2D eigenvalue weighted by molar-refractivity contribution is -0.133. The summed E-state index contributed by atoms with van der Waals surface area (Å²) in [6.45, 7) is 4.15. The smallest absolute Gasteiger partial charge is 0.227 e. The number of carbonyl (C=O) groups excluding carboxylic acids is 1. The van der Waals surface area contributed by atoms with Crippen molar-refractivity contribution in [3.8, 4) is 5.75 Å². The van der Waals surface area contributed by atoms with Crippen LogP contribution in [0, 0.1) is 23.6 Å². The van der Waals surface area contributed by atoms with Crippen LogP contribution in [0.15, 0.2) is 30.6 Å². The number of rotatable bonds is 8. The van der Waals surface area contributed by atoms with Gasteiger partial charge in [-0.1, -0.05) is 17.7 Å². The molecule has 0 unspecified atom stereocenters. The molecule has 2 aromatic rings. The van der Waals surface area contributed by atoms with E-state index in [4.69, 9.17) is 16.3 Å². The number of ether oxygens (including phenoxy) is 1. The van der Waals surface area contributed by atoms with Gasteiger partial charge in [0.05, 0.1) is 30.4 Å². The Labute approximate surface area is 199 Å². The summed E-state index contributed by atoms with van der Waals surface area (Å²) in [5.41, 5.74) is 0.442. The van der Waals surface area contributed by atoms with Crippen molar-refractivity contribution in [1.82, 2.24) is 14.9 Å². The monoisotopic (exact) mass is 472 g/mol. The molecule has 5 rings (SSSR count). The number of aromatic nitrogens is 2. The quantitative estimate of drug-likeness (QED) is 0.571. The van der Waals surface area contributed by atoms with Crippen LogP contribution < -0.4 is 9.64 Å². The highest BCUT2D eigenvalue weighted by Gasteiger charge is 2.43. The topological polar surface area (TPSA) is 58.6 Å². The number of piperidine rings is 1. The molecule has 1 aliphatic carbocycles. The van der Waals surface area contributed by atoms with Gasteiger partial charge in [0.25, 0.3) is 0 Å². The Morgan fingerprint density at radius 3 is 2.58 bits per heavy atom. The molecular formula is C25H30ClFN4O2. The second-order valence-corrected chi connectivity index (χ2v) is 9.92. The maximum absolute atomic E-state index is 14.4. The van der Waals surface area contributed by atoms with Gasteiger partial charge in [-0.05, 0) is 61.5 Å². The molecule has 0 N–H and O–H groups in total. The highest BCUT2D eigenvalue weighted by Crippen LogP contribution is 2.49. The van der Waals surface area contributed by atoms with Gasteiger partial charge in [0.2, 0.25) is 11.9 Å². The summed E-state index contributed by atoms with van der Waals surface area (Å²) in [6, 6.07) is 4.87. The summed E-state index contributed by atoms with van der Waals surface area (Å²) in [7, 11) is 0. The SMILES string of the molecule is O=C(Cc1ccc(OCC[C@@H]2C[C@H]2C2CCN(c3ncc(Cl)cn3)CC2)cc1F)N1CCC1. The van der Waals surface area contributed by atoms with Crippen LogP contribution in [0.4, 0.5) is 10.3 Å². The number of hydrogen-bond donors (Lipinski definition) is 0. The van der Waals surface area contributed by atoms with Crippen molar-refractivity contribution >= 4 is 23.5 Å². The largest absolute Gasteiger partial charge is 0.493 e. The van der Waals surface area contributed by atoms with Gasteiger partial charge >= 0.3 is 0 Å². The molecule has 0 spiro atoms. The lowest BCUT2D eigenvalue weighted by Crippen LogP contribution is -2.42. The van der Waals surface area contributed by atoms with Crippen molar-refractivity contribution in [2.24, 2.45) is 17.8 Å². The zero-order valence-electron chi connectivity index (χ0n) is 18.8. The summed E-state index contributed by atoms with van der Waals surface area (Å²) in [4.78, 5) is 24.7. The molecule has 2 aliphatic heterocycles. The molecule has 3 heterocycles. The maximum Gasteiger partial charge on any atom is 0.227 e. The second-order valence-electron chi connectivity index (χ2n) is 9.49. The molecule has 3 fully saturated rings. The van der Waals surface area contributed by atoms with Gasteiger partial charge in [0.15, 0.2) is 0 Å². The van der Waals surface area contributed by atoms with Crippen LogP contribution in [0.3, 0.4) is 0 Å². The molecule has 8 heteroatoms. The highest BCUT2D eigenvalue weighted by molar-refractivity contribution is 6.30. The predicted molar refractivity (Wildman–Crippen MR) is 125 cm³/mol. The zero-order chi connectivity index (χ0) is 22.8. The van der Waals surface area contributed by atoms with Crippen LogP contribution in [-0.2, 0) is 11.2 Å². The number of amides is 1. The Kier molecular flexibility index (Phi) is 6.67. The number of likely N-dealkylation sites (tertiary alicyclic amines) is 1. The molecule has 1 aromatic carbocycles. The first-order chi connectivity index (χ1) is 16.1. The van der Waals surface area contributed by atoms with Crippen LogP contribution in [0.25, 0.3) is 0 Å². The number of hydrogen-bond acceptors (Lipinski definition) is 5. The van der Waals surface area contributed by atoms with E-state index >= 15 is 0 Å². The van der Waals surface area contributed by atoms with E-state index in [-0.39, 0.29) is 18.1 Å². The molecule has 1 amide bonds. The van der Waals surface area contributed by atoms with Crippen molar-refractivity contribution in [2.75, 3.05) is 37.7 Å². The summed E-state index contributed by atoms with van der Waals surface area (Å²) in [5.74, 6) is 3.17. The minimum absolute atomic E-state index is 0.000110. The van der Waals surface area contributed by atoms with Crippen LogP contribution in [0.5, 0.6) is 5.75 Å². The van der Waals surface area contributed by atoms with E-state index in [9.17, 15) is 9.18 Å². The lowest BCUT2D eigenvalue weighted by Gasteiger charge is -2.32. The molecule has 2 saturated heterocycles. The fourth-order valence-electron chi connectivity index (χ4n) is 5.11. The summed E-state index contributed by atoms with van der Waals surface area (Å²) in [5, 5.41) is 0.563. The molecule has 33 heavy (non-hydrogen) atoms. The number of carbonyl (C=O) groups is 1. The van der Waals surface area contributed by atoms with E-state index in [1.54, 1.807) is 29.4 Å². The Morgan fingerprint density at radius 2 is 1.91 bits per heavy atom. The summed E-state index contributed by atoms with van der Waals surface area (Å²) < 4.78 is 20.2. The van der Waals surface area contributed by atoms with Gasteiger partial charge < -0.3 is 14.5 Å². The van der Waals surface area contributed by atoms with Crippen molar-refractivity contribution < 1.29 is 13.9 Å². The van der Waals surface area contributed by atoms with Gasteiger partial charge in [-0.15, -0.1) is 0 Å². The van der Waals surface area contributed by atoms with E-state index in [0.29, 0.717) is 28.9 Å². The zero-order valence-corrected chi connectivity index (χ0v) is 19.5. The summed E-state index contributed by atoms with van der Waals surface area (Å²) in [6.07, 6.45) is 9.06. The third-order valence-corrected chi connectivity index (χ3v) is 7.54. The van der Waals surface area contributed by atoms with E-state index < -0.39 is 0 Å². The molecular weight excluding hydrogens is 443 g/mol. The summed E-state index contributed by atoms with van der Waals surface area (Å²) >= 11 is 5.88. The third-order valence-electron chi connectivity index (χ3n) is 7.34. The molecule has 1 saturated carbocycles. The lowest BCUT2D eigenvalue weighted by atomic mass is 9.90. The van der Waals surface area contributed by atoms with Crippen LogP contribution in [0.1, 0.15) is 37.7 Å². The molecule has 3 aliphatic rings. The van der Waals surface area contributed by atoms with Gasteiger partial charge in [0.1, 0.15) is 11.6 Å². The van der Waals surface area contributed by atoms with E-state index in [0.717, 1.165) is 69.6 Å². The van der Waals surface area contributed by atoms with E-state index in [1.165, 1.54) is 12.5 Å². The average molecular weight is 473 g/mol. The molecule has 0 bridgehead atoms. The van der Waals surface area contributed by atoms with Gasteiger partial charge in [0, 0.05) is 32.2 Å². The first-order valence-corrected chi connectivity index (χ1v) is 12.4. The van der Waals surface area contributed by atoms with Crippen LogP contribution >= 0.6 is 11.6 Å². The first kappa shape index (κ1) is 22.4. The van der Waals surface area contributed by atoms with E-state index in [1.807, 2.05) is 0 Å². The number of halogens is 2. The minimum Gasteiger partial charge on any atom is -0.493 e. The normalized spacial score (nSPS) is 22.7. The van der Waals surface area contributed by atoms with Gasteiger partial charge in [-0.3, -0.25) is 4.79 Å². The Hall–Kier alpha value is -2.41. The van der Waals surface area contributed by atoms with Gasteiger partial charge in [-0.2, -0.15) is 0 Å². The van der Waals surface area contributed by atoms with Crippen molar-refractivity contribution in [3.05, 3.63) is 47.0 Å². The fourth-order valence-corrected chi connectivity index (χ4v) is 5.20. The predicted octanol–water partition coefficient (Wildman–Crippen LogP) is 4.37. The molecule has 2 atom stereocenters. The van der Waals surface area contributed by atoms with Crippen molar-refractivity contribution in [2.45, 2.75) is 38.5 Å². The van der Waals surface area contributed by atoms with Crippen molar-refractivity contribution in [3.63, 3.8) is 0 Å². The van der Waals surface area contributed by atoms with E-state index in [2.05, 4.69) is 14.9 Å². The molecule has 0 radical (unpaired) electrons. The second kappa shape index (κ2) is 9.84. The third kappa shape index (κ3) is 5.40. The van der Waals surface area contributed by atoms with Crippen molar-refractivity contribution in [1.29, 1.82) is 0 Å². The number of nitrogens with zero attached hydrogens (tertiary/aromatic N) is 4. The average Bonchev–Trinajstić information content (AvgIpc) is 3.55. The van der Waals surface area contributed by atoms with Crippen LogP contribution in [-0.4, -0.2) is 53.6 Å². The Bertz CT molecular complexity index is 977. The fraction of sp³-hybridized carbons (Fsp3) is 0.560. The Balaban J connectivity index is 1.02. The standard InChI is InChI=1S/C25H30ClFN4O2/c26-20-15-28-25(29-16-20)31-9-4-17(5-10-31)22-12-18(22)6-11-33-21-3-2-19(23(27)14-21)13-24(32)30-7-1-8-30/h2-3,14-18,22H,1,4-13H2/t18-,22+/m1/s1. The molecule has 6 nitrogen and oxygen atoms in total. The first-order valence-electron chi connectivity index (χ1n) is 12.0. The molecule has 1 aromatic heterocycles. The number of benzene rings is 1. The van der Waals surface area contributed by atoms with Gasteiger partial charge in [-0.25, -0.2) is 14.4 Å². The minimum atomic E-state index is -0.359. The Morgan fingerprint density at radius 1 is 1.15 bits per heavy atom. The maximum atomic E-state index is 14.4. The molecule has 176 valence electrons.